The van der Waals surface area contributed by atoms with Gasteiger partial charge >= 0.3 is 0 Å². The van der Waals surface area contributed by atoms with E-state index in [1.807, 2.05) is 6.20 Å². The van der Waals surface area contributed by atoms with Crippen LogP contribution in [0.25, 0.3) is 0 Å². The third-order valence-corrected chi connectivity index (χ3v) is 6.61. The van der Waals surface area contributed by atoms with E-state index in [9.17, 15) is 0 Å². The molecule has 1 N–H and O–H groups in total. The zero-order chi connectivity index (χ0) is 19.0. The Morgan fingerprint density at radius 1 is 1.18 bits per heavy atom. The fraction of sp³-hybridized carbons (Fsp3) is 0.522. The monoisotopic (exact) mass is 379 g/mol. The van der Waals surface area contributed by atoms with Gasteiger partial charge in [0.2, 0.25) is 0 Å². The molecule has 1 saturated heterocycles. The summed E-state index contributed by atoms with van der Waals surface area (Å²) in [5.74, 6) is 1.01. The second kappa shape index (κ2) is 7.47. The summed E-state index contributed by atoms with van der Waals surface area (Å²) in [6, 6.07) is 12.9. The number of aromatic nitrogens is 1. The summed E-state index contributed by atoms with van der Waals surface area (Å²) in [4.78, 5) is 7.20. The smallest absolute Gasteiger partial charge is 0.127 e. The van der Waals surface area contributed by atoms with Gasteiger partial charge in [-0.1, -0.05) is 30.3 Å². The second-order valence-corrected chi connectivity index (χ2v) is 8.60. The minimum atomic E-state index is 0.178. The van der Waals surface area contributed by atoms with Crippen molar-refractivity contribution in [2.24, 2.45) is 5.41 Å². The maximum Gasteiger partial charge on any atom is 0.127 e. The first-order valence-electron chi connectivity index (χ1n) is 10.4. The van der Waals surface area contributed by atoms with E-state index in [1.54, 1.807) is 7.11 Å². The maximum absolute atomic E-state index is 6.51. The van der Waals surface area contributed by atoms with Crippen LogP contribution in [0.3, 0.4) is 0 Å². The topological polar surface area (TPSA) is 46.6 Å². The van der Waals surface area contributed by atoms with Gasteiger partial charge in [-0.25, -0.2) is 0 Å². The van der Waals surface area contributed by atoms with Crippen LogP contribution in [0.15, 0.2) is 42.6 Å². The molecule has 5 nitrogen and oxygen atoms in total. The van der Waals surface area contributed by atoms with Gasteiger partial charge in [-0.3, -0.25) is 9.88 Å². The molecular formula is C23H29N3O2. The lowest BCUT2D eigenvalue weighted by Gasteiger charge is -2.54. The van der Waals surface area contributed by atoms with Crippen molar-refractivity contribution in [3.8, 4) is 5.75 Å². The summed E-state index contributed by atoms with van der Waals surface area (Å²) in [6.07, 6.45) is 5.53. The molecule has 1 aromatic carbocycles. The summed E-state index contributed by atoms with van der Waals surface area (Å²) in [5, 5.41) is 3.40. The van der Waals surface area contributed by atoms with Gasteiger partial charge in [0.15, 0.2) is 0 Å². The fourth-order valence-corrected chi connectivity index (χ4v) is 5.03. The molecule has 1 aliphatic carbocycles. The summed E-state index contributed by atoms with van der Waals surface area (Å²) >= 11 is 0. The highest BCUT2D eigenvalue weighted by Gasteiger charge is 2.50. The average molecular weight is 380 g/mol. The number of benzene rings is 1. The van der Waals surface area contributed by atoms with Crippen molar-refractivity contribution in [1.29, 1.82) is 0 Å². The van der Waals surface area contributed by atoms with E-state index >= 15 is 0 Å². The van der Waals surface area contributed by atoms with E-state index in [0.717, 1.165) is 38.3 Å². The number of nitrogens with one attached hydrogen (secondary N) is 1. The van der Waals surface area contributed by atoms with E-state index in [-0.39, 0.29) is 6.04 Å². The molecule has 28 heavy (non-hydrogen) atoms. The molecule has 2 aliphatic heterocycles. The highest BCUT2D eigenvalue weighted by atomic mass is 16.5. The minimum absolute atomic E-state index is 0.178. The van der Waals surface area contributed by atoms with Crippen molar-refractivity contribution >= 4 is 0 Å². The van der Waals surface area contributed by atoms with Crippen molar-refractivity contribution in [2.45, 2.75) is 38.0 Å². The molecule has 1 spiro atoms. The Bertz CT molecular complexity index is 814. The summed E-state index contributed by atoms with van der Waals surface area (Å²) in [7, 11) is 1.78. The number of methoxy groups -OCH3 is 1. The van der Waals surface area contributed by atoms with Crippen LogP contribution in [0.1, 0.15) is 35.7 Å². The van der Waals surface area contributed by atoms with Crippen LogP contribution in [0.5, 0.6) is 5.75 Å². The molecule has 5 rings (SSSR count). The summed E-state index contributed by atoms with van der Waals surface area (Å²) in [6.45, 7) is 4.86. The largest absolute Gasteiger partial charge is 0.490 e. The van der Waals surface area contributed by atoms with Gasteiger partial charge in [-0.15, -0.1) is 0 Å². The van der Waals surface area contributed by atoms with Crippen LogP contribution < -0.4 is 10.1 Å². The van der Waals surface area contributed by atoms with Crippen molar-refractivity contribution in [3.05, 3.63) is 59.4 Å². The molecule has 2 fully saturated rings. The van der Waals surface area contributed by atoms with Crippen molar-refractivity contribution in [3.63, 3.8) is 0 Å². The summed E-state index contributed by atoms with van der Waals surface area (Å²) in [5.41, 5.74) is 4.25. The van der Waals surface area contributed by atoms with Crippen LogP contribution in [-0.2, 0) is 17.7 Å². The van der Waals surface area contributed by atoms with Gasteiger partial charge in [0.25, 0.3) is 0 Å². The molecule has 148 valence electrons. The molecule has 3 aliphatic rings. The first kappa shape index (κ1) is 18.1. The molecular weight excluding hydrogens is 350 g/mol. The number of hydrogen-bond donors (Lipinski definition) is 1. The lowest BCUT2D eigenvalue weighted by molar-refractivity contribution is -0.0509. The van der Waals surface area contributed by atoms with Crippen LogP contribution in [0.4, 0.5) is 0 Å². The second-order valence-electron chi connectivity index (χ2n) is 8.60. The lowest BCUT2D eigenvalue weighted by atomic mass is 9.63. The molecule has 5 heteroatoms. The SMILES string of the molecule is COCC1c2c(OC3CC4(CNC4)C3)ccnc2CCN1Cc1ccccc1. The standard InChI is InChI=1S/C23H29N3O2/c1-27-14-20-22-19(8-10-26(20)13-17-5-3-2-4-6-17)25-9-7-21(22)28-18-11-23(12-18)15-24-16-23/h2-7,9,18,20,24H,8,10-16H2,1H3. The number of rotatable bonds is 6. The van der Waals surface area contributed by atoms with Crippen LogP contribution >= 0.6 is 0 Å². The van der Waals surface area contributed by atoms with Crippen molar-refractivity contribution < 1.29 is 9.47 Å². The fourth-order valence-electron chi connectivity index (χ4n) is 5.03. The Morgan fingerprint density at radius 3 is 2.71 bits per heavy atom. The van der Waals surface area contributed by atoms with Crippen LogP contribution in [0.2, 0.25) is 0 Å². The molecule has 0 amide bonds. The normalized spacial score (nSPS) is 23.7. The van der Waals surface area contributed by atoms with E-state index in [1.165, 1.54) is 29.7 Å². The number of hydrogen-bond acceptors (Lipinski definition) is 5. The number of ether oxygens (including phenoxy) is 2. The summed E-state index contributed by atoms with van der Waals surface area (Å²) < 4.78 is 12.1. The third-order valence-electron chi connectivity index (χ3n) is 6.61. The van der Waals surface area contributed by atoms with Gasteiger partial charge in [0, 0.05) is 56.9 Å². The molecule has 0 bridgehead atoms. The third kappa shape index (κ3) is 3.32. The molecule has 1 aromatic heterocycles. The Labute approximate surface area is 167 Å². The Balaban J connectivity index is 1.38. The Morgan fingerprint density at radius 2 is 2.00 bits per heavy atom. The van der Waals surface area contributed by atoms with E-state index in [4.69, 9.17) is 9.47 Å². The van der Waals surface area contributed by atoms with Gasteiger partial charge < -0.3 is 14.8 Å². The Hall–Kier alpha value is -1.95. The predicted molar refractivity (Wildman–Crippen MR) is 108 cm³/mol. The molecule has 1 unspecified atom stereocenters. The lowest BCUT2D eigenvalue weighted by Crippen LogP contribution is -2.62. The first-order valence-corrected chi connectivity index (χ1v) is 10.4. The quantitative estimate of drug-likeness (QED) is 0.836. The van der Waals surface area contributed by atoms with E-state index < -0.39 is 0 Å². The highest BCUT2D eigenvalue weighted by molar-refractivity contribution is 5.41. The van der Waals surface area contributed by atoms with Gasteiger partial charge in [0.1, 0.15) is 5.75 Å². The number of fused-ring (bicyclic) bond motifs is 1. The maximum atomic E-state index is 6.51. The molecule has 3 heterocycles. The first-order chi connectivity index (χ1) is 13.8. The average Bonchev–Trinajstić information content (AvgIpc) is 2.65. The highest BCUT2D eigenvalue weighted by Crippen LogP contribution is 2.47. The zero-order valence-corrected chi connectivity index (χ0v) is 16.6. The minimum Gasteiger partial charge on any atom is -0.490 e. The van der Waals surface area contributed by atoms with Crippen molar-refractivity contribution in [2.75, 3.05) is 33.4 Å². The van der Waals surface area contributed by atoms with Crippen LogP contribution in [-0.4, -0.2) is 49.3 Å². The Kier molecular flexibility index (Phi) is 4.83. The van der Waals surface area contributed by atoms with Crippen molar-refractivity contribution in [1.82, 2.24) is 15.2 Å². The number of nitrogens with zero attached hydrogens (tertiary/aromatic N) is 2. The predicted octanol–water partition coefficient (Wildman–Crippen LogP) is 2.96. The molecule has 1 atom stereocenters. The molecule has 0 radical (unpaired) electrons. The zero-order valence-electron chi connectivity index (χ0n) is 16.6. The van der Waals surface area contributed by atoms with E-state index in [2.05, 4.69) is 51.6 Å². The van der Waals surface area contributed by atoms with Gasteiger partial charge in [0.05, 0.1) is 24.4 Å². The van der Waals surface area contributed by atoms with Gasteiger partial charge in [-0.2, -0.15) is 0 Å². The van der Waals surface area contributed by atoms with E-state index in [0.29, 0.717) is 18.1 Å². The van der Waals surface area contributed by atoms with Gasteiger partial charge in [-0.05, 0) is 24.5 Å². The number of pyridine rings is 1. The molecule has 2 aromatic rings. The molecule has 1 saturated carbocycles. The van der Waals surface area contributed by atoms with Crippen LogP contribution in [0, 0.1) is 5.41 Å².